The average molecular weight is 309 g/mol. The first kappa shape index (κ1) is 15.0. The molecule has 3 rings (SSSR count). The van der Waals surface area contributed by atoms with Gasteiger partial charge in [0.05, 0.1) is 11.9 Å². The predicted molar refractivity (Wildman–Crippen MR) is 82.7 cm³/mol. The van der Waals surface area contributed by atoms with E-state index in [1.165, 1.54) is 11.1 Å². The molecule has 1 heterocycles. The molecule has 2 fully saturated rings. The van der Waals surface area contributed by atoms with Crippen LogP contribution in [0.15, 0.2) is 24.3 Å². The van der Waals surface area contributed by atoms with Crippen molar-refractivity contribution < 1.29 is 13.2 Å². The Morgan fingerprint density at radius 3 is 2.71 bits per heavy atom. The van der Waals surface area contributed by atoms with Crippen LogP contribution in [0.4, 0.5) is 0 Å². The summed E-state index contributed by atoms with van der Waals surface area (Å²) in [5.41, 5.74) is 2.44. The number of aryl methyl sites for hydroxylation is 1. The van der Waals surface area contributed by atoms with E-state index in [-0.39, 0.29) is 17.2 Å². The van der Waals surface area contributed by atoms with Gasteiger partial charge in [-0.2, -0.15) is 0 Å². The van der Waals surface area contributed by atoms with Crippen molar-refractivity contribution in [3.8, 4) is 0 Å². The summed E-state index contributed by atoms with van der Waals surface area (Å²) in [7, 11) is -3.23. The van der Waals surface area contributed by atoms with Crippen LogP contribution in [0.5, 0.6) is 0 Å². The van der Waals surface area contributed by atoms with Crippen LogP contribution < -0.4 is 4.72 Å². The molecule has 1 aliphatic heterocycles. The van der Waals surface area contributed by atoms with Crippen molar-refractivity contribution in [1.29, 1.82) is 0 Å². The Balaban J connectivity index is 1.76. The van der Waals surface area contributed by atoms with E-state index in [9.17, 15) is 8.42 Å². The van der Waals surface area contributed by atoms with Crippen molar-refractivity contribution in [2.75, 3.05) is 13.2 Å². The molecule has 0 unspecified atom stereocenters. The summed E-state index contributed by atoms with van der Waals surface area (Å²) in [6.45, 7) is 3.15. The molecule has 0 radical (unpaired) electrons. The second-order valence-electron chi connectivity index (χ2n) is 6.23. The van der Waals surface area contributed by atoms with Gasteiger partial charge in [-0.15, -0.1) is 0 Å². The third-order valence-corrected chi connectivity index (χ3v) is 6.53. The zero-order valence-corrected chi connectivity index (χ0v) is 13.2. The third kappa shape index (κ3) is 3.65. The van der Waals surface area contributed by atoms with E-state index in [2.05, 4.69) is 23.8 Å². The molecule has 0 amide bonds. The second-order valence-corrected chi connectivity index (χ2v) is 8.16. The van der Waals surface area contributed by atoms with Crippen LogP contribution in [0.25, 0.3) is 0 Å². The maximum absolute atomic E-state index is 12.6. The first-order valence-corrected chi connectivity index (χ1v) is 9.24. The van der Waals surface area contributed by atoms with Gasteiger partial charge in [0.1, 0.15) is 0 Å². The molecule has 2 atom stereocenters. The highest BCUT2D eigenvalue weighted by molar-refractivity contribution is 7.90. The molecule has 4 nitrogen and oxygen atoms in total. The molecule has 5 heteroatoms. The van der Waals surface area contributed by atoms with E-state index in [1.54, 1.807) is 0 Å². The van der Waals surface area contributed by atoms with Gasteiger partial charge in [-0.25, -0.2) is 13.1 Å². The van der Waals surface area contributed by atoms with Gasteiger partial charge in [-0.05, 0) is 43.7 Å². The molecule has 0 spiro atoms. The molecular weight excluding hydrogens is 286 g/mol. The van der Waals surface area contributed by atoms with Crippen molar-refractivity contribution in [1.82, 2.24) is 4.72 Å². The van der Waals surface area contributed by atoms with Crippen molar-refractivity contribution in [3.63, 3.8) is 0 Å². The van der Waals surface area contributed by atoms with E-state index in [4.69, 9.17) is 4.74 Å². The molecule has 1 aromatic rings. The standard InChI is InChI=1S/C16H23NO3S/c1-12-4-2-3-5-13(12)10-14-11-20-9-8-16(14)21(18,19)17-15-6-7-15/h2-5,14-17H,6-11H2,1H3/t14-,16-/m1/s1. The van der Waals surface area contributed by atoms with E-state index in [0.717, 1.165) is 19.3 Å². The van der Waals surface area contributed by atoms with Crippen LogP contribution in [0.2, 0.25) is 0 Å². The normalized spacial score (nSPS) is 26.7. The molecule has 2 aliphatic rings. The Kier molecular flexibility index (Phi) is 4.33. The highest BCUT2D eigenvalue weighted by Crippen LogP contribution is 2.28. The maximum Gasteiger partial charge on any atom is 0.215 e. The van der Waals surface area contributed by atoms with Crippen molar-refractivity contribution in [3.05, 3.63) is 35.4 Å². The minimum Gasteiger partial charge on any atom is -0.381 e. The minimum atomic E-state index is -3.23. The number of sulfonamides is 1. The molecular formula is C16H23NO3S. The van der Waals surface area contributed by atoms with Crippen LogP contribution >= 0.6 is 0 Å². The Morgan fingerprint density at radius 1 is 1.24 bits per heavy atom. The fourth-order valence-corrected chi connectivity index (χ4v) is 4.98. The fourth-order valence-electron chi connectivity index (χ4n) is 3.02. The number of hydrogen-bond acceptors (Lipinski definition) is 3. The lowest BCUT2D eigenvalue weighted by Gasteiger charge is -2.31. The number of hydrogen-bond donors (Lipinski definition) is 1. The van der Waals surface area contributed by atoms with Crippen LogP contribution in [0.1, 0.15) is 30.4 Å². The van der Waals surface area contributed by atoms with E-state index < -0.39 is 10.0 Å². The number of ether oxygens (including phenoxy) is 1. The smallest absolute Gasteiger partial charge is 0.215 e. The molecule has 1 aromatic carbocycles. The van der Waals surface area contributed by atoms with E-state index in [0.29, 0.717) is 19.6 Å². The molecule has 21 heavy (non-hydrogen) atoms. The lowest BCUT2D eigenvalue weighted by Crippen LogP contribution is -2.45. The SMILES string of the molecule is Cc1ccccc1C[C@@H]1COCC[C@H]1S(=O)(=O)NC1CC1. The summed E-state index contributed by atoms with van der Waals surface area (Å²) < 4.78 is 33.5. The topological polar surface area (TPSA) is 55.4 Å². The summed E-state index contributed by atoms with van der Waals surface area (Å²) in [6.07, 6.45) is 3.32. The average Bonchev–Trinajstić information content (AvgIpc) is 3.25. The highest BCUT2D eigenvalue weighted by atomic mass is 32.2. The number of nitrogens with one attached hydrogen (secondary N) is 1. The van der Waals surface area contributed by atoms with Gasteiger partial charge in [0, 0.05) is 18.6 Å². The molecule has 1 aliphatic carbocycles. The lowest BCUT2D eigenvalue weighted by molar-refractivity contribution is 0.0569. The number of rotatable bonds is 5. The minimum absolute atomic E-state index is 0.0381. The highest BCUT2D eigenvalue weighted by Gasteiger charge is 2.39. The Hall–Kier alpha value is -0.910. The molecule has 1 saturated carbocycles. The molecule has 116 valence electrons. The van der Waals surface area contributed by atoms with Crippen molar-refractivity contribution in [2.24, 2.45) is 5.92 Å². The van der Waals surface area contributed by atoms with Gasteiger partial charge in [0.15, 0.2) is 0 Å². The largest absolute Gasteiger partial charge is 0.381 e. The monoisotopic (exact) mass is 309 g/mol. The van der Waals surface area contributed by atoms with Crippen molar-refractivity contribution in [2.45, 2.75) is 43.9 Å². The van der Waals surface area contributed by atoms with Crippen molar-refractivity contribution >= 4 is 10.0 Å². The quantitative estimate of drug-likeness (QED) is 0.905. The summed E-state index contributed by atoms with van der Waals surface area (Å²) in [4.78, 5) is 0. The summed E-state index contributed by atoms with van der Waals surface area (Å²) in [5, 5.41) is -0.327. The third-order valence-electron chi connectivity index (χ3n) is 4.45. The lowest BCUT2D eigenvalue weighted by atomic mass is 9.91. The van der Waals surface area contributed by atoms with Gasteiger partial charge >= 0.3 is 0 Å². The van der Waals surface area contributed by atoms with Crippen LogP contribution in [-0.2, 0) is 21.2 Å². The Bertz CT molecular complexity index is 595. The zero-order valence-electron chi connectivity index (χ0n) is 12.4. The summed E-state index contributed by atoms with van der Waals surface area (Å²) in [5.74, 6) is 0.0381. The second kappa shape index (κ2) is 6.07. The summed E-state index contributed by atoms with van der Waals surface area (Å²) >= 11 is 0. The van der Waals surface area contributed by atoms with Gasteiger partial charge < -0.3 is 4.74 Å². The maximum atomic E-state index is 12.6. The van der Waals surface area contributed by atoms with Gasteiger partial charge in [-0.1, -0.05) is 24.3 Å². The molecule has 1 N–H and O–H groups in total. The predicted octanol–water partition coefficient (Wildman–Crippen LogP) is 2.02. The summed E-state index contributed by atoms with van der Waals surface area (Å²) in [6, 6.07) is 8.36. The van der Waals surface area contributed by atoms with Crippen LogP contribution in [0.3, 0.4) is 0 Å². The van der Waals surface area contributed by atoms with Gasteiger partial charge in [0.2, 0.25) is 10.0 Å². The first-order valence-electron chi connectivity index (χ1n) is 7.69. The first-order chi connectivity index (χ1) is 10.1. The Morgan fingerprint density at radius 2 is 2.00 bits per heavy atom. The van der Waals surface area contributed by atoms with Gasteiger partial charge in [-0.3, -0.25) is 0 Å². The fraction of sp³-hybridized carbons (Fsp3) is 0.625. The van der Waals surface area contributed by atoms with Crippen LogP contribution in [-0.4, -0.2) is 32.9 Å². The molecule has 0 bridgehead atoms. The number of benzene rings is 1. The Labute approximate surface area is 126 Å². The molecule has 1 saturated heterocycles. The zero-order chi connectivity index (χ0) is 14.9. The van der Waals surface area contributed by atoms with E-state index >= 15 is 0 Å². The molecule has 0 aromatic heterocycles. The van der Waals surface area contributed by atoms with E-state index in [1.807, 2.05) is 12.1 Å². The van der Waals surface area contributed by atoms with Gasteiger partial charge in [0.25, 0.3) is 0 Å². The van der Waals surface area contributed by atoms with Crippen LogP contribution in [0, 0.1) is 12.8 Å².